The molecule has 0 radical (unpaired) electrons. The molecule has 0 spiro atoms. The molecule has 0 unspecified atom stereocenters. The summed E-state index contributed by atoms with van der Waals surface area (Å²) in [4.78, 5) is 23.7. The fraction of sp³-hybridized carbons (Fsp3) is 0.300. The third-order valence-electron chi connectivity index (χ3n) is 3.41. The van der Waals surface area contributed by atoms with E-state index in [9.17, 15) is 9.59 Å². The van der Waals surface area contributed by atoms with Crippen LogP contribution in [0.15, 0.2) is 42.5 Å². The fourth-order valence-corrected chi connectivity index (χ4v) is 2.33. The fourth-order valence-electron chi connectivity index (χ4n) is 2.33. The highest BCUT2D eigenvalue weighted by Crippen LogP contribution is 2.16. The number of hydrogen-bond donors (Lipinski definition) is 1. The highest BCUT2D eigenvalue weighted by atomic mass is 16.5. The van der Waals surface area contributed by atoms with Crippen LogP contribution >= 0.6 is 0 Å². The van der Waals surface area contributed by atoms with Crippen LogP contribution in [-0.4, -0.2) is 25.1 Å². The Balaban J connectivity index is 1.86. The van der Waals surface area contributed by atoms with Crippen molar-refractivity contribution in [2.75, 3.05) is 18.5 Å². The van der Waals surface area contributed by atoms with Crippen molar-refractivity contribution >= 4 is 17.6 Å². The third kappa shape index (κ3) is 5.95. The summed E-state index contributed by atoms with van der Waals surface area (Å²) >= 11 is 0. The summed E-state index contributed by atoms with van der Waals surface area (Å²) in [5.74, 6) is 0.0417. The first-order valence-corrected chi connectivity index (χ1v) is 8.26. The number of anilines is 1. The Morgan fingerprint density at radius 2 is 1.64 bits per heavy atom. The van der Waals surface area contributed by atoms with Crippen molar-refractivity contribution in [2.45, 2.75) is 27.2 Å². The molecule has 5 nitrogen and oxygen atoms in total. The number of carbonyl (C=O) groups excluding carboxylic acids is 2. The van der Waals surface area contributed by atoms with Crippen LogP contribution in [0.4, 0.5) is 5.69 Å². The quantitative estimate of drug-likeness (QED) is 0.776. The zero-order chi connectivity index (χ0) is 18.2. The van der Waals surface area contributed by atoms with Crippen molar-refractivity contribution in [1.29, 1.82) is 0 Å². The van der Waals surface area contributed by atoms with Crippen molar-refractivity contribution in [1.82, 2.24) is 0 Å². The highest BCUT2D eigenvalue weighted by molar-refractivity contribution is 5.93. The third-order valence-corrected chi connectivity index (χ3v) is 3.41. The van der Waals surface area contributed by atoms with Gasteiger partial charge in [0.05, 0.1) is 12.2 Å². The van der Waals surface area contributed by atoms with Gasteiger partial charge < -0.3 is 14.8 Å². The summed E-state index contributed by atoms with van der Waals surface area (Å²) in [6, 6.07) is 12.4. The largest absolute Gasteiger partial charge is 0.484 e. The number of carbonyl (C=O) groups is 2. The average molecular weight is 341 g/mol. The first-order valence-electron chi connectivity index (χ1n) is 8.26. The lowest BCUT2D eigenvalue weighted by Crippen LogP contribution is -2.20. The van der Waals surface area contributed by atoms with Crippen LogP contribution in [0.25, 0.3) is 0 Å². The molecule has 2 aromatic carbocycles. The number of nitrogens with one attached hydrogen (secondary N) is 1. The van der Waals surface area contributed by atoms with E-state index in [0.29, 0.717) is 23.6 Å². The van der Waals surface area contributed by atoms with Gasteiger partial charge in [-0.25, -0.2) is 4.79 Å². The second kappa shape index (κ2) is 8.87. The van der Waals surface area contributed by atoms with Crippen molar-refractivity contribution in [3.8, 4) is 5.75 Å². The summed E-state index contributed by atoms with van der Waals surface area (Å²) in [5.41, 5.74) is 3.22. The first kappa shape index (κ1) is 18.5. The maximum atomic E-state index is 12.0. The Morgan fingerprint density at radius 1 is 1.00 bits per heavy atom. The van der Waals surface area contributed by atoms with Gasteiger partial charge in [0.1, 0.15) is 5.75 Å². The number of amides is 1. The van der Waals surface area contributed by atoms with Gasteiger partial charge in [0.15, 0.2) is 6.61 Å². The van der Waals surface area contributed by atoms with Crippen LogP contribution in [-0.2, 0) is 9.53 Å². The van der Waals surface area contributed by atoms with Gasteiger partial charge >= 0.3 is 5.97 Å². The Labute approximate surface area is 148 Å². The molecule has 1 amide bonds. The van der Waals surface area contributed by atoms with Gasteiger partial charge in [-0.2, -0.15) is 0 Å². The molecule has 0 fully saturated rings. The maximum Gasteiger partial charge on any atom is 0.338 e. The number of aryl methyl sites for hydroxylation is 2. The molecule has 5 heteroatoms. The molecule has 25 heavy (non-hydrogen) atoms. The van der Waals surface area contributed by atoms with Crippen LogP contribution < -0.4 is 10.1 Å². The van der Waals surface area contributed by atoms with Gasteiger partial charge in [0.2, 0.25) is 0 Å². The summed E-state index contributed by atoms with van der Waals surface area (Å²) < 4.78 is 10.6. The van der Waals surface area contributed by atoms with E-state index in [2.05, 4.69) is 5.32 Å². The molecule has 0 heterocycles. The van der Waals surface area contributed by atoms with E-state index in [0.717, 1.165) is 17.5 Å². The minimum absolute atomic E-state index is 0.0802. The second-order valence-corrected chi connectivity index (χ2v) is 5.87. The van der Waals surface area contributed by atoms with Gasteiger partial charge in [0, 0.05) is 5.69 Å². The van der Waals surface area contributed by atoms with E-state index in [-0.39, 0.29) is 18.5 Å². The molecule has 2 rings (SSSR count). The molecule has 0 saturated heterocycles. The number of rotatable bonds is 7. The minimum Gasteiger partial charge on any atom is -0.484 e. The summed E-state index contributed by atoms with van der Waals surface area (Å²) in [6.45, 7) is 6.21. The Hall–Kier alpha value is -2.82. The van der Waals surface area contributed by atoms with Gasteiger partial charge in [0.25, 0.3) is 5.91 Å². The predicted octanol–water partition coefficient (Wildman–Crippen LogP) is 3.89. The topological polar surface area (TPSA) is 64.6 Å². The Kier molecular flexibility index (Phi) is 6.57. The number of hydrogen-bond acceptors (Lipinski definition) is 4. The van der Waals surface area contributed by atoms with Crippen molar-refractivity contribution in [3.05, 3.63) is 59.2 Å². The van der Waals surface area contributed by atoms with E-state index in [1.165, 1.54) is 0 Å². The highest BCUT2D eigenvalue weighted by Gasteiger charge is 2.08. The lowest BCUT2D eigenvalue weighted by Gasteiger charge is -2.09. The summed E-state index contributed by atoms with van der Waals surface area (Å²) in [6.07, 6.45) is 0.778. The summed E-state index contributed by atoms with van der Waals surface area (Å²) in [7, 11) is 0. The molecule has 0 bridgehead atoms. The lowest BCUT2D eigenvalue weighted by atomic mass is 10.1. The van der Waals surface area contributed by atoms with Crippen LogP contribution in [0.3, 0.4) is 0 Å². The standard InChI is InChI=1S/C20H23NO4/c1-4-9-24-20(23)16-5-7-17(8-6-16)21-19(22)13-25-18-11-14(2)10-15(3)12-18/h5-8,10-12H,4,9,13H2,1-3H3,(H,21,22). The van der Waals surface area contributed by atoms with E-state index >= 15 is 0 Å². The van der Waals surface area contributed by atoms with E-state index in [1.807, 2.05) is 39.0 Å². The zero-order valence-corrected chi connectivity index (χ0v) is 14.8. The van der Waals surface area contributed by atoms with Crippen LogP contribution in [0.2, 0.25) is 0 Å². The van der Waals surface area contributed by atoms with Gasteiger partial charge in [-0.3, -0.25) is 4.79 Å². The number of benzene rings is 2. The predicted molar refractivity (Wildman–Crippen MR) is 97.1 cm³/mol. The molecule has 0 aliphatic rings. The van der Waals surface area contributed by atoms with Crippen molar-refractivity contribution in [3.63, 3.8) is 0 Å². The molecule has 0 atom stereocenters. The van der Waals surface area contributed by atoms with Gasteiger partial charge in [-0.15, -0.1) is 0 Å². The normalized spacial score (nSPS) is 10.2. The van der Waals surface area contributed by atoms with Crippen LogP contribution in [0, 0.1) is 13.8 Å². The lowest BCUT2D eigenvalue weighted by molar-refractivity contribution is -0.118. The van der Waals surface area contributed by atoms with Crippen LogP contribution in [0.1, 0.15) is 34.8 Å². The van der Waals surface area contributed by atoms with Gasteiger partial charge in [-0.1, -0.05) is 13.0 Å². The van der Waals surface area contributed by atoms with E-state index in [4.69, 9.17) is 9.47 Å². The molecule has 0 aliphatic heterocycles. The minimum atomic E-state index is -0.363. The van der Waals surface area contributed by atoms with E-state index < -0.39 is 0 Å². The molecule has 2 aromatic rings. The SMILES string of the molecule is CCCOC(=O)c1ccc(NC(=O)COc2cc(C)cc(C)c2)cc1. The molecule has 0 saturated carbocycles. The molecular weight excluding hydrogens is 318 g/mol. The molecular formula is C20H23NO4. The number of ether oxygens (including phenoxy) is 2. The molecule has 1 N–H and O–H groups in total. The molecule has 132 valence electrons. The van der Waals surface area contributed by atoms with Crippen LogP contribution in [0.5, 0.6) is 5.75 Å². The van der Waals surface area contributed by atoms with Crippen molar-refractivity contribution < 1.29 is 19.1 Å². The maximum absolute atomic E-state index is 12.0. The average Bonchev–Trinajstić information content (AvgIpc) is 2.58. The van der Waals surface area contributed by atoms with E-state index in [1.54, 1.807) is 24.3 Å². The van der Waals surface area contributed by atoms with Gasteiger partial charge in [-0.05, 0) is 67.8 Å². The first-order chi connectivity index (χ1) is 12.0. The summed E-state index contributed by atoms with van der Waals surface area (Å²) in [5, 5.41) is 2.73. The van der Waals surface area contributed by atoms with Crippen molar-refractivity contribution in [2.24, 2.45) is 0 Å². The Morgan fingerprint density at radius 3 is 2.24 bits per heavy atom. The Bertz CT molecular complexity index is 718. The number of esters is 1. The monoisotopic (exact) mass is 341 g/mol. The second-order valence-electron chi connectivity index (χ2n) is 5.87. The molecule has 0 aromatic heterocycles. The zero-order valence-electron chi connectivity index (χ0n) is 14.8. The smallest absolute Gasteiger partial charge is 0.338 e. The molecule has 0 aliphatic carbocycles.